The van der Waals surface area contributed by atoms with Crippen molar-refractivity contribution in [2.45, 2.75) is 64.7 Å². The van der Waals surface area contributed by atoms with Crippen molar-refractivity contribution in [3.63, 3.8) is 0 Å². The second-order valence-electron chi connectivity index (χ2n) is 9.64. The molecule has 2 aliphatic rings. The largest absolute Gasteiger partial charge is 0.446 e. The molecule has 0 spiro atoms. The van der Waals surface area contributed by atoms with Gasteiger partial charge in [0.15, 0.2) is 0 Å². The Bertz CT molecular complexity index is 800. The molecule has 6 unspecified atom stereocenters. The molecule has 32 heavy (non-hydrogen) atoms. The number of rotatable bonds is 8. The first-order chi connectivity index (χ1) is 15.2. The third-order valence-corrected chi connectivity index (χ3v) is 8.64. The molecule has 2 saturated carbocycles. The lowest BCUT2D eigenvalue weighted by Gasteiger charge is -2.60. The fraction of sp³-hybridized carbons (Fsp3) is 0.667. The maximum absolute atomic E-state index is 12.8. The van der Waals surface area contributed by atoms with Crippen LogP contribution in [0.1, 0.15) is 50.8 Å². The van der Waals surface area contributed by atoms with Crippen molar-refractivity contribution in [3.8, 4) is 0 Å². The third kappa shape index (κ3) is 5.02. The van der Waals surface area contributed by atoms with E-state index in [-0.39, 0.29) is 36.2 Å². The molecule has 1 aromatic rings. The topological polar surface area (TPSA) is 108 Å². The molecule has 2 aliphatic carbocycles. The van der Waals surface area contributed by atoms with Gasteiger partial charge in [0.25, 0.3) is 0 Å². The number of carbonyl (C=O) groups is 2. The molecule has 0 bridgehead atoms. The van der Waals surface area contributed by atoms with Crippen LogP contribution in [0.3, 0.4) is 0 Å². The van der Waals surface area contributed by atoms with Gasteiger partial charge >= 0.3 is 6.09 Å². The number of hydrogen-bond donors (Lipinski definition) is 4. The average Bonchev–Trinajstić information content (AvgIpc) is 3.29. The molecule has 1 aromatic heterocycles. The highest BCUT2D eigenvalue weighted by atomic mass is 32.1. The predicted molar refractivity (Wildman–Crippen MR) is 124 cm³/mol. The van der Waals surface area contributed by atoms with Crippen LogP contribution in [0.2, 0.25) is 0 Å². The number of carbonyl (C=O) groups excluding carboxylic acids is 2. The van der Waals surface area contributed by atoms with Gasteiger partial charge in [-0.2, -0.15) is 0 Å². The van der Waals surface area contributed by atoms with Crippen molar-refractivity contribution < 1.29 is 24.5 Å². The molecule has 178 valence electrons. The molecule has 4 N–H and O–H groups in total. The Hall–Kier alpha value is -1.90. The van der Waals surface area contributed by atoms with Crippen LogP contribution in [0, 0.1) is 22.7 Å². The van der Waals surface area contributed by atoms with Crippen molar-refractivity contribution in [2.24, 2.45) is 22.7 Å². The molecule has 0 saturated heterocycles. The quantitative estimate of drug-likeness (QED) is 0.442. The summed E-state index contributed by atoms with van der Waals surface area (Å²) in [4.78, 5) is 26.0. The van der Waals surface area contributed by atoms with E-state index in [1.54, 1.807) is 17.4 Å². The summed E-state index contributed by atoms with van der Waals surface area (Å²) in [6.45, 7) is 8.36. The van der Waals surface area contributed by atoms with Gasteiger partial charge in [-0.15, -0.1) is 17.9 Å². The van der Waals surface area contributed by atoms with Gasteiger partial charge in [-0.3, -0.25) is 4.79 Å². The van der Waals surface area contributed by atoms with Crippen LogP contribution in [0.15, 0.2) is 30.2 Å². The van der Waals surface area contributed by atoms with Gasteiger partial charge in [0.1, 0.15) is 6.10 Å². The normalized spacial score (nSPS) is 34.2. The molecule has 0 radical (unpaired) electrons. The number of alkyl carbamates (subject to hydrolysis) is 1. The molecule has 0 aliphatic heterocycles. The molecular formula is C24H36N2O5S. The Morgan fingerprint density at radius 1 is 1.31 bits per heavy atom. The van der Waals surface area contributed by atoms with E-state index in [1.807, 2.05) is 24.4 Å². The van der Waals surface area contributed by atoms with Crippen LogP contribution in [0.25, 0.3) is 0 Å². The Labute approximate surface area is 194 Å². The van der Waals surface area contributed by atoms with Crippen LogP contribution in [-0.4, -0.2) is 47.6 Å². The molecule has 8 heteroatoms. The van der Waals surface area contributed by atoms with Gasteiger partial charge in [0.05, 0.1) is 19.3 Å². The lowest BCUT2D eigenvalue weighted by atomic mass is 9.46. The minimum Gasteiger partial charge on any atom is -0.446 e. The van der Waals surface area contributed by atoms with Crippen LogP contribution >= 0.6 is 11.3 Å². The predicted octanol–water partition coefficient (Wildman–Crippen LogP) is 3.22. The molecule has 0 aromatic carbocycles. The lowest BCUT2D eigenvalue weighted by molar-refractivity contribution is -0.185. The van der Waals surface area contributed by atoms with E-state index in [2.05, 4.69) is 24.1 Å². The van der Waals surface area contributed by atoms with Crippen molar-refractivity contribution in [1.82, 2.24) is 10.6 Å². The molecule has 2 amide bonds. The van der Waals surface area contributed by atoms with Gasteiger partial charge in [0, 0.05) is 23.3 Å². The molecule has 6 atom stereocenters. The average molecular weight is 465 g/mol. The Kier molecular flexibility index (Phi) is 8.01. The first kappa shape index (κ1) is 24.7. The van der Waals surface area contributed by atoms with Gasteiger partial charge in [-0.05, 0) is 54.4 Å². The standard InChI is InChI=1S/C24H36N2O5S/c1-4-11-25-22(30)31-20-9-10-23(2)17(13-21(29)26-14-16-6-5-12-32-16)18(28)7-8-19(23)24(20,3)15-27/h4-6,12,17-20,27-28H,1,7-11,13-15H2,2-3H3,(H,25,30)(H,26,29). The lowest BCUT2D eigenvalue weighted by Crippen LogP contribution is -2.61. The first-order valence-electron chi connectivity index (χ1n) is 11.4. The Balaban J connectivity index is 1.73. The van der Waals surface area contributed by atoms with Gasteiger partial charge < -0.3 is 25.6 Å². The second-order valence-corrected chi connectivity index (χ2v) is 10.7. The summed E-state index contributed by atoms with van der Waals surface area (Å²) in [7, 11) is 0. The fourth-order valence-corrected chi connectivity index (χ4v) is 6.62. The van der Waals surface area contributed by atoms with E-state index in [1.165, 1.54) is 0 Å². The maximum atomic E-state index is 12.8. The number of aliphatic hydroxyl groups excluding tert-OH is 2. The minimum absolute atomic E-state index is 0.0180. The second kappa shape index (κ2) is 10.4. The zero-order valence-electron chi connectivity index (χ0n) is 19.0. The SMILES string of the molecule is C=CCNC(=O)OC1CCC2(C)C(CC(=O)NCc3cccs3)C(O)CCC2C1(C)CO. The molecule has 2 fully saturated rings. The molecule has 7 nitrogen and oxygen atoms in total. The zero-order chi connectivity index (χ0) is 23.4. The Morgan fingerprint density at radius 3 is 2.75 bits per heavy atom. The zero-order valence-corrected chi connectivity index (χ0v) is 19.8. The van der Waals surface area contributed by atoms with Gasteiger partial charge in [0.2, 0.25) is 5.91 Å². The van der Waals surface area contributed by atoms with Gasteiger partial charge in [-0.25, -0.2) is 4.79 Å². The summed E-state index contributed by atoms with van der Waals surface area (Å²) >= 11 is 1.60. The third-order valence-electron chi connectivity index (χ3n) is 7.76. The summed E-state index contributed by atoms with van der Waals surface area (Å²) in [5.74, 6) is -0.271. The number of hydrogen-bond acceptors (Lipinski definition) is 6. The summed E-state index contributed by atoms with van der Waals surface area (Å²) in [5.41, 5.74) is -0.989. The molecule has 3 rings (SSSR count). The van der Waals surface area contributed by atoms with Gasteiger partial charge in [-0.1, -0.05) is 26.0 Å². The van der Waals surface area contributed by atoms with E-state index in [0.717, 1.165) is 11.3 Å². The number of amides is 2. The number of ether oxygens (including phenoxy) is 1. The monoisotopic (exact) mass is 464 g/mol. The first-order valence-corrected chi connectivity index (χ1v) is 12.3. The maximum Gasteiger partial charge on any atom is 0.407 e. The number of aliphatic hydroxyl groups is 2. The van der Waals surface area contributed by atoms with Crippen LogP contribution < -0.4 is 10.6 Å². The highest BCUT2D eigenvalue weighted by Gasteiger charge is 2.60. The van der Waals surface area contributed by atoms with Crippen molar-refractivity contribution >= 4 is 23.3 Å². The van der Waals surface area contributed by atoms with Crippen LogP contribution in [0.4, 0.5) is 4.79 Å². The molecule has 1 heterocycles. The minimum atomic E-state index is -0.648. The van der Waals surface area contributed by atoms with E-state index in [4.69, 9.17) is 4.74 Å². The highest BCUT2D eigenvalue weighted by molar-refractivity contribution is 7.09. The van der Waals surface area contributed by atoms with Crippen molar-refractivity contribution in [3.05, 3.63) is 35.0 Å². The van der Waals surface area contributed by atoms with E-state index < -0.39 is 23.7 Å². The van der Waals surface area contributed by atoms with E-state index >= 15 is 0 Å². The van der Waals surface area contributed by atoms with Crippen molar-refractivity contribution in [1.29, 1.82) is 0 Å². The van der Waals surface area contributed by atoms with E-state index in [9.17, 15) is 19.8 Å². The van der Waals surface area contributed by atoms with Crippen molar-refractivity contribution in [2.75, 3.05) is 13.2 Å². The number of thiophene rings is 1. The summed E-state index contributed by atoms with van der Waals surface area (Å²) in [6.07, 6.45) is 2.88. The molecular weight excluding hydrogens is 428 g/mol. The summed E-state index contributed by atoms with van der Waals surface area (Å²) in [6, 6.07) is 3.94. The van der Waals surface area contributed by atoms with E-state index in [0.29, 0.717) is 32.4 Å². The summed E-state index contributed by atoms with van der Waals surface area (Å²) in [5, 5.41) is 28.9. The highest BCUT2D eigenvalue weighted by Crippen LogP contribution is 2.61. The smallest absolute Gasteiger partial charge is 0.407 e. The van der Waals surface area contributed by atoms with Crippen LogP contribution in [-0.2, 0) is 16.1 Å². The number of nitrogens with one attached hydrogen (secondary N) is 2. The van der Waals surface area contributed by atoms with Crippen LogP contribution in [0.5, 0.6) is 0 Å². The Morgan fingerprint density at radius 2 is 2.09 bits per heavy atom. The summed E-state index contributed by atoms with van der Waals surface area (Å²) < 4.78 is 5.72. The number of fused-ring (bicyclic) bond motifs is 1. The fourth-order valence-electron chi connectivity index (χ4n) is 5.98.